The van der Waals surface area contributed by atoms with E-state index in [0.717, 1.165) is 50.9 Å². The molecule has 0 radical (unpaired) electrons. The van der Waals surface area contributed by atoms with Gasteiger partial charge < -0.3 is 44.6 Å². The lowest BCUT2D eigenvalue weighted by Crippen LogP contribution is -2.29. The molecule has 7 N–H and O–H groups in total. The molecule has 0 heterocycles. The van der Waals surface area contributed by atoms with Gasteiger partial charge in [0, 0.05) is 25.2 Å². The van der Waals surface area contributed by atoms with Crippen LogP contribution in [0.5, 0.6) is 0 Å². The molecule has 0 bridgehead atoms. The quantitative estimate of drug-likeness (QED) is 0.0135. The summed E-state index contributed by atoms with van der Waals surface area (Å²) in [5, 5.41) is 41.1. The highest BCUT2D eigenvalue weighted by atomic mass is 31.2. The van der Waals surface area contributed by atoms with E-state index in [9.17, 15) is 44.0 Å². The van der Waals surface area contributed by atoms with Crippen molar-refractivity contribution < 1.29 is 76.9 Å². The van der Waals surface area contributed by atoms with Gasteiger partial charge >= 0.3 is 27.6 Å². The van der Waals surface area contributed by atoms with Gasteiger partial charge in [0.05, 0.1) is 38.1 Å². The Balaban J connectivity index is 2.58. The van der Waals surface area contributed by atoms with Crippen LogP contribution in [-0.2, 0) is 41.8 Å². The Labute approximate surface area is 364 Å². The number of phosphoric ester groups is 2. The van der Waals surface area contributed by atoms with Crippen molar-refractivity contribution in [2.45, 2.75) is 193 Å². The van der Waals surface area contributed by atoms with Crippen LogP contribution >= 0.6 is 15.6 Å². The summed E-state index contributed by atoms with van der Waals surface area (Å²) in [4.78, 5) is 52.9. The monoisotopic (exact) mass is 914 g/mol. The summed E-state index contributed by atoms with van der Waals surface area (Å²) in [5.41, 5.74) is 0. The number of carbonyl (C=O) groups is 2. The summed E-state index contributed by atoms with van der Waals surface area (Å²) in [6.07, 6.45) is 21.3. The number of aliphatic hydroxyl groups excluding tert-OH is 4. The van der Waals surface area contributed by atoms with Crippen LogP contribution in [0.25, 0.3) is 0 Å². The third-order valence-corrected chi connectivity index (χ3v) is 12.4. The average Bonchev–Trinajstić information content (AvgIpc) is 3.48. The van der Waals surface area contributed by atoms with Crippen molar-refractivity contribution in [3.8, 4) is 0 Å². The van der Waals surface area contributed by atoms with Crippen LogP contribution in [-0.4, -0.2) is 104 Å². The predicted octanol–water partition coefficient (Wildman–Crippen LogP) is 7.74. The second kappa shape index (κ2) is 33.9. The minimum atomic E-state index is -4.90. The standard InChI is InChI=1S/C43H80O16P2/c1-4-6-17-23-35(44)27-28-39-38(40(46)29-41(39)47)24-19-15-16-21-26-43(49)59-37(33-58-61(53,54)57-31-36(45)30-56-60(50,51)52)32-55-42(48)25-20-14-12-10-8-7-9-11-13-18-22-34(3)5-2/h15,19,27-28,34-41,44-47H,4-14,16-18,20-26,29-33H2,1-3H3,(H,53,54)(H2,50,51,52)/b19-15+,28-27+/t34?,35-,36-,37+,38+,39+,40-,41+/m0/s1. The molecule has 61 heavy (non-hydrogen) atoms. The van der Waals surface area contributed by atoms with E-state index in [1.165, 1.54) is 44.9 Å². The Kier molecular flexibility index (Phi) is 32.0. The fourth-order valence-corrected chi connectivity index (χ4v) is 8.18. The van der Waals surface area contributed by atoms with Gasteiger partial charge in [0.15, 0.2) is 6.10 Å². The first-order valence-electron chi connectivity index (χ1n) is 22.7. The zero-order valence-corrected chi connectivity index (χ0v) is 38.8. The van der Waals surface area contributed by atoms with Crippen LogP contribution < -0.4 is 0 Å². The second-order valence-corrected chi connectivity index (χ2v) is 19.2. The molecule has 0 aromatic carbocycles. The van der Waals surface area contributed by atoms with Gasteiger partial charge in [0.1, 0.15) is 12.7 Å². The third-order valence-electron chi connectivity index (χ3n) is 10.9. The molecule has 0 amide bonds. The molecule has 1 aliphatic rings. The smallest absolute Gasteiger partial charge is 0.462 e. The SMILES string of the molecule is CCCCC[C@H](O)/C=C/[C@@H]1[C@@H](C/C=C/CCCC(=O)O[C@H](COC(=O)CCCCCCCCCCCCC(C)CC)COP(=O)(O)OC[C@@H](O)COP(=O)(O)O)[C@@H](O)C[C@H]1O. The number of phosphoric acid groups is 2. The number of aliphatic hydroxyl groups is 4. The summed E-state index contributed by atoms with van der Waals surface area (Å²) in [6.45, 7) is 3.71. The van der Waals surface area contributed by atoms with Crippen LogP contribution in [0.2, 0.25) is 0 Å². The molecule has 1 rings (SSSR count). The highest BCUT2D eigenvalue weighted by Gasteiger charge is 2.39. The normalized spacial score (nSPS) is 21.4. The molecule has 16 nitrogen and oxygen atoms in total. The summed E-state index contributed by atoms with van der Waals surface area (Å²) < 4.78 is 47.8. The van der Waals surface area contributed by atoms with Gasteiger partial charge in [-0.15, -0.1) is 0 Å². The fraction of sp³-hybridized carbons (Fsp3) is 0.860. The molecule has 1 fully saturated rings. The topological polar surface area (TPSA) is 256 Å². The highest BCUT2D eigenvalue weighted by molar-refractivity contribution is 7.47. The Morgan fingerprint density at radius 3 is 1.93 bits per heavy atom. The second-order valence-electron chi connectivity index (χ2n) is 16.5. The molecule has 9 atom stereocenters. The van der Waals surface area contributed by atoms with Gasteiger partial charge in [0.25, 0.3) is 0 Å². The first-order chi connectivity index (χ1) is 29.0. The van der Waals surface area contributed by atoms with E-state index in [4.69, 9.17) is 23.8 Å². The predicted molar refractivity (Wildman–Crippen MR) is 232 cm³/mol. The average molecular weight is 915 g/mol. The van der Waals surface area contributed by atoms with Gasteiger partial charge in [-0.3, -0.25) is 23.2 Å². The number of esters is 2. The van der Waals surface area contributed by atoms with Crippen LogP contribution in [0.3, 0.4) is 0 Å². The van der Waals surface area contributed by atoms with E-state index >= 15 is 0 Å². The lowest BCUT2D eigenvalue weighted by atomic mass is 9.89. The third kappa shape index (κ3) is 31.1. The minimum absolute atomic E-state index is 0.0435. The van der Waals surface area contributed by atoms with Crippen LogP contribution in [0.1, 0.15) is 162 Å². The van der Waals surface area contributed by atoms with Gasteiger partial charge in [-0.2, -0.15) is 0 Å². The van der Waals surface area contributed by atoms with Gasteiger partial charge in [-0.25, -0.2) is 9.13 Å². The van der Waals surface area contributed by atoms with E-state index in [1.807, 2.05) is 12.2 Å². The molecular formula is C43H80O16P2. The lowest BCUT2D eigenvalue weighted by Gasteiger charge is -2.20. The Morgan fingerprint density at radius 2 is 1.30 bits per heavy atom. The maximum atomic E-state index is 12.8. The van der Waals surface area contributed by atoms with Crippen LogP contribution in [0.4, 0.5) is 0 Å². The van der Waals surface area contributed by atoms with Crippen molar-refractivity contribution >= 4 is 27.6 Å². The highest BCUT2D eigenvalue weighted by Crippen LogP contribution is 2.44. The van der Waals surface area contributed by atoms with Crippen molar-refractivity contribution in [1.29, 1.82) is 0 Å². The number of allylic oxidation sites excluding steroid dienone is 2. The van der Waals surface area contributed by atoms with E-state index < -0.39 is 84.5 Å². The van der Waals surface area contributed by atoms with Crippen molar-refractivity contribution in [3.63, 3.8) is 0 Å². The summed E-state index contributed by atoms with van der Waals surface area (Å²) in [6, 6.07) is 0. The van der Waals surface area contributed by atoms with Crippen LogP contribution in [0.15, 0.2) is 24.3 Å². The Morgan fingerprint density at radius 1 is 0.705 bits per heavy atom. The van der Waals surface area contributed by atoms with Crippen molar-refractivity contribution in [1.82, 2.24) is 0 Å². The number of unbranched alkanes of at least 4 members (excludes halogenated alkanes) is 12. The van der Waals surface area contributed by atoms with Gasteiger partial charge in [-0.05, 0) is 43.9 Å². The molecule has 0 aromatic heterocycles. The number of carbonyl (C=O) groups excluding carboxylic acids is 2. The molecule has 1 aliphatic carbocycles. The first-order valence-corrected chi connectivity index (χ1v) is 25.7. The van der Waals surface area contributed by atoms with Crippen molar-refractivity contribution in [2.24, 2.45) is 17.8 Å². The van der Waals surface area contributed by atoms with Gasteiger partial charge in [-0.1, -0.05) is 135 Å². The molecule has 1 saturated carbocycles. The Bertz CT molecular complexity index is 1310. The van der Waals surface area contributed by atoms with Crippen molar-refractivity contribution in [2.75, 3.05) is 26.4 Å². The van der Waals surface area contributed by atoms with Gasteiger partial charge in [0.2, 0.25) is 0 Å². The zero-order valence-electron chi connectivity index (χ0n) is 37.0. The van der Waals surface area contributed by atoms with E-state index in [-0.39, 0.29) is 31.1 Å². The first kappa shape index (κ1) is 57.5. The molecule has 2 unspecified atom stereocenters. The summed E-state index contributed by atoms with van der Waals surface area (Å²) in [5.74, 6) is -0.923. The number of rotatable bonds is 38. The molecule has 358 valence electrons. The van der Waals surface area contributed by atoms with E-state index in [2.05, 4.69) is 29.8 Å². The molecule has 18 heteroatoms. The minimum Gasteiger partial charge on any atom is -0.462 e. The summed E-state index contributed by atoms with van der Waals surface area (Å²) >= 11 is 0. The van der Waals surface area contributed by atoms with E-state index in [0.29, 0.717) is 32.1 Å². The van der Waals surface area contributed by atoms with Crippen molar-refractivity contribution in [3.05, 3.63) is 24.3 Å². The fourth-order valence-electron chi connectivity index (χ4n) is 7.02. The number of hydrogen-bond acceptors (Lipinski definition) is 13. The maximum Gasteiger partial charge on any atom is 0.472 e. The molecular weight excluding hydrogens is 834 g/mol. The van der Waals surface area contributed by atoms with Crippen LogP contribution in [0, 0.1) is 17.8 Å². The Hall–Kier alpha value is -1.52. The molecule has 0 aliphatic heterocycles. The maximum absolute atomic E-state index is 12.8. The zero-order chi connectivity index (χ0) is 45.5. The summed E-state index contributed by atoms with van der Waals surface area (Å²) in [7, 11) is -9.77. The van der Waals surface area contributed by atoms with E-state index in [1.54, 1.807) is 12.2 Å². The molecule has 0 spiro atoms. The lowest BCUT2D eigenvalue weighted by molar-refractivity contribution is -0.161. The largest absolute Gasteiger partial charge is 0.472 e. The number of ether oxygens (including phenoxy) is 2. The number of hydrogen-bond donors (Lipinski definition) is 7. The molecule has 0 aromatic rings. The molecule has 0 saturated heterocycles.